The first kappa shape index (κ1) is 13.5. The van der Waals surface area contributed by atoms with Crippen LogP contribution in [-0.4, -0.2) is 45.4 Å². The lowest BCUT2D eigenvalue weighted by atomic mass is 10.0. The Hall–Kier alpha value is -2.44. The smallest absolute Gasteiger partial charge is 0.237 e. The number of rotatable bonds is 4. The first-order valence-corrected chi connectivity index (χ1v) is 6.82. The molecule has 1 fully saturated rings. The highest BCUT2D eigenvalue weighted by Crippen LogP contribution is 2.47. The van der Waals surface area contributed by atoms with Crippen molar-refractivity contribution in [2.45, 2.75) is 19.4 Å². The number of hydrogen-bond acceptors (Lipinski definition) is 4. The molecule has 0 radical (unpaired) electrons. The van der Waals surface area contributed by atoms with E-state index in [9.17, 15) is 9.59 Å². The standard InChI is InChI=1S/C14H17N5O2/c1-18(2)13(21)14(5-6-14)12(20)16-9-10-3-7-15-11-4-8-17-19(10)11/h3-4,7-8H,5-6,9H2,1-2H3,(H,16,20). The Kier molecular flexibility index (Phi) is 3.12. The fourth-order valence-electron chi connectivity index (χ4n) is 2.45. The van der Waals surface area contributed by atoms with Gasteiger partial charge in [0.25, 0.3) is 0 Å². The van der Waals surface area contributed by atoms with Gasteiger partial charge in [0.2, 0.25) is 11.8 Å². The van der Waals surface area contributed by atoms with E-state index in [1.54, 1.807) is 43.1 Å². The molecule has 0 saturated heterocycles. The first-order valence-electron chi connectivity index (χ1n) is 6.82. The van der Waals surface area contributed by atoms with E-state index < -0.39 is 5.41 Å². The van der Waals surface area contributed by atoms with Crippen LogP contribution in [0.1, 0.15) is 18.5 Å². The Bertz CT molecular complexity index is 702. The van der Waals surface area contributed by atoms with E-state index in [0.29, 0.717) is 19.4 Å². The van der Waals surface area contributed by atoms with Crippen molar-refractivity contribution in [3.05, 3.63) is 30.2 Å². The Labute approximate surface area is 122 Å². The summed E-state index contributed by atoms with van der Waals surface area (Å²) in [6.45, 7) is 0.321. The SMILES string of the molecule is CN(C)C(=O)C1(C(=O)NCc2ccnc3ccnn23)CC1. The zero-order valence-electron chi connectivity index (χ0n) is 12.0. The summed E-state index contributed by atoms with van der Waals surface area (Å²) in [5.74, 6) is -0.336. The highest BCUT2D eigenvalue weighted by Gasteiger charge is 2.57. The summed E-state index contributed by atoms with van der Waals surface area (Å²) in [7, 11) is 3.34. The van der Waals surface area contributed by atoms with Gasteiger partial charge < -0.3 is 10.2 Å². The van der Waals surface area contributed by atoms with Gasteiger partial charge in [0, 0.05) is 26.4 Å². The average molecular weight is 287 g/mol. The van der Waals surface area contributed by atoms with Crippen molar-refractivity contribution in [3.63, 3.8) is 0 Å². The van der Waals surface area contributed by atoms with Crippen LogP contribution in [-0.2, 0) is 16.1 Å². The van der Waals surface area contributed by atoms with Crippen LogP contribution in [0.2, 0.25) is 0 Å². The Morgan fingerprint density at radius 1 is 1.33 bits per heavy atom. The van der Waals surface area contributed by atoms with Crippen molar-refractivity contribution in [2.75, 3.05) is 14.1 Å². The summed E-state index contributed by atoms with van der Waals surface area (Å²) >= 11 is 0. The molecular formula is C14H17N5O2. The van der Waals surface area contributed by atoms with Gasteiger partial charge in [-0.25, -0.2) is 9.50 Å². The quantitative estimate of drug-likeness (QED) is 0.816. The van der Waals surface area contributed by atoms with Gasteiger partial charge in [0.1, 0.15) is 5.41 Å². The zero-order chi connectivity index (χ0) is 15.0. The minimum atomic E-state index is -0.861. The van der Waals surface area contributed by atoms with Crippen LogP contribution >= 0.6 is 0 Å². The monoisotopic (exact) mass is 287 g/mol. The molecule has 3 rings (SSSR count). The van der Waals surface area contributed by atoms with Gasteiger partial charge in [0.15, 0.2) is 5.65 Å². The van der Waals surface area contributed by atoms with Crippen LogP contribution in [0.4, 0.5) is 0 Å². The van der Waals surface area contributed by atoms with Gasteiger partial charge in [0.05, 0.1) is 18.4 Å². The second kappa shape index (κ2) is 4.83. The fraction of sp³-hybridized carbons (Fsp3) is 0.429. The molecule has 0 aromatic carbocycles. The van der Waals surface area contributed by atoms with E-state index in [2.05, 4.69) is 15.4 Å². The highest BCUT2D eigenvalue weighted by atomic mass is 16.2. The molecule has 2 aromatic rings. The Balaban J connectivity index is 1.72. The minimum absolute atomic E-state index is 0.126. The normalized spacial score (nSPS) is 15.7. The molecule has 0 spiro atoms. The molecule has 1 aliphatic rings. The lowest BCUT2D eigenvalue weighted by molar-refractivity contribution is -0.142. The molecule has 2 amide bonds. The largest absolute Gasteiger partial charge is 0.350 e. The van der Waals surface area contributed by atoms with E-state index in [4.69, 9.17) is 0 Å². The molecule has 2 heterocycles. The predicted octanol–water partition coefficient (Wildman–Crippen LogP) is 0.214. The second-order valence-corrected chi connectivity index (χ2v) is 5.50. The van der Waals surface area contributed by atoms with Crippen molar-refractivity contribution >= 4 is 17.5 Å². The van der Waals surface area contributed by atoms with E-state index in [1.807, 2.05) is 0 Å². The first-order chi connectivity index (χ1) is 10.0. The van der Waals surface area contributed by atoms with E-state index in [-0.39, 0.29) is 11.8 Å². The average Bonchev–Trinajstić information content (AvgIpc) is 3.14. The van der Waals surface area contributed by atoms with E-state index in [0.717, 1.165) is 11.3 Å². The number of carbonyl (C=O) groups is 2. The lowest BCUT2D eigenvalue weighted by Gasteiger charge is -2.19. The molecule has 0 aliphatic heterocycles. The third-order valence-corrected chi connectivity index (χ3v) is 3.80. The van der Waals surface area contributed by atoms with Crippen molar-refractivity contribution in [3.8, 4) is 0 Å². The predicted molar refractivity (Wildman–Crippen MR) is 75.2 cm³/mol. The number of fused-ring (bicyclic) bond motifs is 1. The maximum atomic E-state index is 12.3. The van der Waals surface area contributed by atoms with Crippen LogP contribution in [0.25, 0.3) is 5.65 Å². The molecule has 1 N–H and O–H groups in total. The molecule has 21 heavy (non-hydrogen) atoms. The van der Waals surface area contributed by atoms with Crippen LogP contribution in [0.3, 0.4) is 0 Å². The summed E-state index contributed by atoms with van der Waals surface area (Å²) in [4.78, 5) is 30.1. The highest BCUT2D eigenvalue weighted by molar-refractivity contribution is 6.07. The van der Waals surface area contributed by atoms with Gasteiger partial charge in [-0.1, -0.05) is 0 Å². The molecule has 0 atom stereocenters. The lowest BCUT2D eigenvalue weighted by Crippen LogP contribution is -2.42. The van der Waals surface area contributed by atoms with Gasteiger partial charge in [-0.15, -0.1) is 0 Å². The topological polar surface area (TPSA) is 79.6 Å². The molecule has 7 heteroatoms. The molecular weight excluding hydrogens is 270 g/mol. The van der Waals surface area contributed by atoms with E-state index in [1.165, 1.54) is 4.90 Å². The summed E-state index contributed by atoms with van der Waals surface area (Å²) in [6, 6.07) is 3.59. The van der Waals surface area contributed by atoms with Crippen molar-refractivity contribution in [2.24, 2.45) is 5.41 Å². The number of nitrogens with zero attached hydrogens (tertiary/aromatic N) is 4. The maximum absolute atomic E-state index is 12.3. The molecule has 7 nitrogen and oxygen atoms in total. The van der Waals surface area contributed by atoms with E-state index >= 15 is 0 Å². The van der Waals surface area contributed by atoms with Crippen LogP contribution in [0.5, 0.6) is 0 Å². The number of carbonyl (C=O) groups excluding carboxylic acids is 2. The summed E-state index contributed by atoms with van der Waals surface area (Å²) in [5.41, 5.74) is 0.693. The molecule has 1 saturated carbocycles. The summed E-state index contributed by atoms with van der Waals surface area (Å²) < 4.78 is 1.67. The number of hydrogen-bond donors (Lipinski definition) is 1. The summed E-state index contributed by atoms with van der Waals surface area (Å²) in [6.07, 6.45) is 4.56. The third-order valence-electron chi connectivity index (χ3n) is 3.80. The van der Waals surface area contributed by atoms with Crippen molar-refractivity contribution < 1.29 is 9.59 Å². The van der Waals surface area contributed by atoms with Crippen molar-refractivity contribution in [1.82, 2.24) is 24.8 Å². The third kappa shape index (κ3) is 2.24. The second-order valence-electron chi connectivity index (χ2n) is 5.50. The number of aromatic nitrogens is 3. The molecule has 0 bridgehead atoms. The van der Waals surface area contributed by atoms with Gasteiger partial charge in [-0.3, -0.25) is 9.59 Å². The van der Waals surface area contributed by atoms with Crippen LogP contribution < -0.4 is 5.32 Å². The Morgan fingerprint density at radius 2 is 2.10 bits per heavy atom. The maximum Gasteiger partial charge on any atom is 0.237 e. The Morgan fingerprint density at radius 3 is 2.76 bits per heavy atom. The number of nitrogens with one attached hydrogen (secondary N) is 1. The van der Waals surface area contributed by atoms with Crippen LogP contribution in [0.15, 0.2) is 24.5 Å². The molecule has 110 valence electrons. The zero-order valence-corrected chi connectivity index (χ0v) is 12.0. The molecule has 2 aromatic heterocycles. The van der Waals surface area contributed by atoms with Gasteiger partial charge in [-0.05, 0) is 18.9 Å². The number of amides is 2. The van der Waals surface area contributed by atoms with Gasteiger partial charge in [-0.2, -0.15) is 5.10 Å². The molecule has 1 aliphatic carbocycles. The fourth-order valence-corrected chi connectivity index (χ4v) is 2.45. The minimum Gasteiger partial charge on any atom is -0.350 e. The van der Waals surface area contributed by atoms with Crippen LogP contribution in [0, 0.1) is 5.41 Å². The molecule has 0 unspecified atom stereocenters. The summed E-state index contributed by atoms with van der Waals surface area (Å²) in [5, 5.41) is 7.01. The van der Waals surface area contributed by atoms with Gasteiger partial charge >= 0.3 is 0 Å². The van der Waals surface area contributed by atoms with Crippen molar-refractivity contribution in [1.29, 1.82) is 0 Å².